The highest BCUT2D eigenvalue weighted by Gasteiger charge is 2.47. The Hall–Kier alpha value is -2.82. The molecule has 0 N–H and O–H groups in total. The number of halogens is 1. The molecule has 3 aromatic rings. The topological polar surface area (TPSA) is 29.5 Å². The lowest BCUT2D eigenvalue weighted by Gasteiger charge is -2.41. The molecule has 1 aliphatic carbocycles. The SMILES string of the molecule is CN(CCCC(=O)c1ccc(F)cc1)C1CCC2(CC1)O[C@H](c1ccccc1)c1ccccc12. The van der Waals surface area contributed by atoms with Crippen LogP contribution < -0.4 is 0 Å². The fourth-order valence-corrected chi connectivity index (χ4v) is 5.72. The summed E-state index contributed by atoms with van der Waals surface area (Å²) in [6.07, 6.45) is 5.49. The minimum Gasteiger partial charge on any atom is -0.358 e. The molecule has 0 saturated heterocycles. The van der Waals surface area contributed by atoms with Crippen LogP contribution >= 0.6 is 0 Å². The van der Waals surface area contributed by atoms with E-state index in [0.717, 1.165) is 38.6 Å². The van der Waals surface area contributed by atoms with Crippen molar-refractivity contribution in [2.45, 2.75) is 56.3 Å². The van der Waals surface area contributed by atoms with E-state index in [9.17, 15) is 9.18 Å². The first kappa shape index (κ1) is 22.9. The average molecular weight is 458 g/mol. The number of hydrogen-bond donors (Lipinski definition) is 0. The van der Waals surface area contributed by atoms with Crippen molar-refractivity contribution in [3.8, 4) is 0 Å². The fourth-order valence-electron chi connectivity index (χ4n) is 5.72. The van der Waals surface area contributed by atoms with Gasteiger partial charge in [-0.3, -0.25) is 4.79 Å². The molecule has 1 saturated carbocycles. The molecule has 3 nitrogen and oxygen atoms in total. The van der Waals surface area contributed by atoms with E-state index in [1.54, 1.807) is 12.1 Å². The number of carbonyl (C=O) groups is 1. The fraction of sp³-hybridized carbons (Fsp3) is 0.367. The minimum atomic E-state index is -0.310. The largest absolute Gasteiger partial charge is 0.358 e. The smallest absolute Gasteiger partial charge is 0.162 e. The second-order valence-corrected chi connectivity index (χ2v) is 9.74. The van der Waals surface area contributed by atoms with E-state index in [1.807, 2.05) is 6.07 Å². The summed E-state index contributed by atoms with van der Waals surface area (Å²) >= 11 is 0. The van der Waals surface area contributed by atoms with E-state index in [1.165, 1.54) is 28.8 Å². The van der Waals surface area contributed by atoms with Crippen molar-refractivity contribution in [3.63, 3.8) is 0 Å². The Balaban J connectivity index is 1.18. The van der Waals surface area contributed by atoms with Gasteiger partial charge in [-0.05, 0) is 86.7 Å². The summed E-state index contributed by atoms with van der Waals surface area (Å²) in [4.78, 5) is 14.8. The number of ether oxygens (including phenoxy) is 1. The van der Waals surface area contributed by atoms with Gasteiger partial charge < -0.3 is 9.64 Å². The minimum absolute atomic E-state index is 0.00385. The van der Waals surface area contributed by atoms with Crippen molar-refractivity contribution in [3.05, 3.63) is 107 Å². The number of nitrogens with zero attached hydrogens (tertiary/aromatic N) is 1. The van der Waals surface area contributed by atoms with Gasteiger partial charge in [0.05, 0.1) is 5.60 Å². The van der Waals surface area contributed by atoms with E-state index in [-0.39, 0.29) is 23.3 Å². The van der Waals surface area contributed by atoms with Crippen molar-refractivity contribution < 1.29 is 13.9 Å². The van der Waals surface area contributed by atoms with Crippen molar-refractivity contribution in [1.82, 2.24) is 4.90 Å². The monoisotopic (exact) mass is 457 g/mol. The highest BCUT2D eigenvalue weighted by Crippen LogP contribution is 2.53. The molecule has 0 aromatic heterocycles. The number of Topliss-reactive ketones (excluding diaryl/α,β-unsaturated/α-hetero) is 1. The highest BCUT2D eigenvalue weighted by molar-refractivity contribution is 5.95. The molecular weight excluding hydrogens is 425 g/mol. The molecule has 34 heavy (non-hydrogen) atoms. The van der Waals surface area contributed by atoms with Crippen molar-refractivity contribution in [1.29, 1.82) is 0 Å². The molecule has 176 valence electrons. The van der Waals surface area contributed by atoms with Gasteiger partial charge in [0.15, 0.2) is 5.78 Å². The summed E-state index contributed by atoms with van der Waals surface area (Å²) in [5.74, 6) is -0.228. The van der Waals surface area contributed by atoms with Crippen LogP contribution in [0.3, 0.4) is 0 Å². The molecule has 1 heterocycles. The molecule has 3 aromatic carbocycles. The molecular formula is C30H32FNO2. The number of rotatable bonds is 7. The van der Waals surface area contributed by atoms with Crippen molar-refractivity contribution in [2.75, 3.05) is 13.6 Å². The molecule has 0 amide bonds. The molecule has 0 bridgehead atoms. The molecule has 1 aliphatic heterocycles. The number of hydrogen-bond acceptors (Lipinski definition) is 3. The lowest BCUT2D eigenvalue weighted by molar-refractivity contribution is -0.0942. The Kier molecular flexibility index (Phi) is 6.62. The van der Waals surface area contributed by atoms with Gasteiger partial charge in [-0.25, -0.2) is 4.39 Å². The Labute approximate surface area is 201 Å². The van der Waals surface area contributed by atoms with Gasteiger partial charge in [0.2, 0.25) is 0 Å². The number of fused-ring (bicyclic) bond motifs is 2. The summed E-state index contributed by atoms with van der Waals surface area (Å²) in [5.41, 5.74) is 4.27. The Morgan fingerprint density at radius 2 is 1.65 bits per heavy atom. The van der Waals surface area contributed by atoms with Gasteiger partial charge in [-0.2, -0.15) is 0 Å². The first-order chi connectivity index (χ1) is 16.6. The third kappa shape index (κ3) is 4.57. The molecule has 2 aliphatic rings. The van der Waals surface area contributed by atoms with E-state index >= 15 is 0 Å². The van der Waals surface area contributed by atoms with Gasteiger partial charge in [0.25, 0.3) is 0 Å². The van der Waals surface area contributed by atoms with Crippen LogP contribution in [0.5, 0.6) is 0 Å². The normalized spacial score (nSPS) is 23.9. The molecule has 5 rings (SSSR count). The summed E-state index contributed by atoms with van der Waals surface area (Å²) in [6, 6.07) is 25.6. The summed E-state index contributed by atoms with van der Waals surface area (Å²) < 4.78 is 19.9. The van der Waals surface area contributed by atoms with E-state index in [2.05, 4.69) is 60.5 Å². The summed E-state index contributed by atoms with van der Waals surface area (Å²) in [5, 5.41) is 0. The van der Waals surface area contributed by atoms with Gasteiger partial charge in [-0.15, -0.1) is 0 Å². The molecule has 1 fully saturated rings. The number of carbonyl (C=O) groups excluding carboxylic acids is 1. The zero-order valence-corrected chi connectivity index (χ0v) is 19.8. The Morgan fingerprint density at radius 1 is 0.971 bits per heavy atom. The van der Waals surface area contributed by atoms with Crippen LogP contribution in [0, 0.1) is 5.82 Å². The molecule has 0 radical (unpaired) electrons. The number of ketones is 1. The van der Waals surface area contributed by atoms with Crippen LogP contribution in [-0.2, 0) is 10.3 Å². The van der Waals surface area contributed by atoms with Crippen LogP contribution in [0.1, 0.15) is 71.7 Å². The van der Waals surface area contributed by atoms with Crippen LogP contribution in [0.15, 0.2) is 78.9 Å². The van der Waals surface area contributed by atoms with Crippen LogP contribution in [0.4, 0.5) is 4.39 Å². The van der Waals surface area contributed by atoms with Crippen LogP contribution in [0.2, 0.25) is 0 Å². The molecule has 4 heteroatoms. The molecule has 1 atom stereocenters. The quantitative estimate of drug-likeness (QED) is 0.371. The first-order valence-corrected chi connectivity index (χ1v) is 12.4. The zero-order chi connectivity index (χ0) is 23.5. The third-order valence-corrected chi connectivity index (χ3v) is 7.65. The van der Waals surface area contributed by atoms with Gasteiger partial charge >= 0.3 is 0 Å². The van der Waals surface area contributed by atoms with Gasteiger partial charge in [0.1, 0.15) is 11.9 Å². The van der Waals surface area contributed by atoms with Gasteiger partial charge in [0, 0.05) is 18.0 Å². The molecule has 1 spiro atoms. The van der Waals surface area contributed by atoms with E-state index in [4.69, 9.17) is 4.74 Å². The van der Waals surface area contributed by atoms with Crippen molar-refractivity contribution >= 4 is 5.78 Å². The van der Waals surface area contributed by atoms with Gasteiger partial charge in [-0.1, -0.05) is 54.6 Å². The predicted octanol–water partition coefficient (Wildman–Crippen LogP) is 6.68. The maximum absolute atomic E-state index is 13.1. The van der Waals surface area contributed by atoms with E-state index in [0.29, 0.717) is 18.0 Å². The standard InChI is InChI=1S/C30H32FNO2/c1-32(21-7-12-28(33)22-13-15-24(31)16-14-22)25-17-19-30(20-18-25)27-11-6-5-10-26(27)29(34-30)23-8-3-2-4-9-23/h2-6,8-11,13-16,25,29H,7,12,17-21H2,1H3/t25?,29-,30?/m1/s1. The Morgan fingerprint density at radius 3 is 2.38 bits per heavy atom. The second kappa shape index (κ2) is 9.81. The maximum Gasteiger partial charge on any atom is 0.162 e. The number of benzene rings is 3. The van der Waals surface area contributed by atoms with Crippen LogP contribution in [0.25, 0.3) is 0 Å². The summed E-state index contributed by atoms with van der Waals surface area (Å²) in [6.45, 7) is 0.884. The lowest BCUT2D eigenvalue weighted by Crippen LogP contribution is -2.41. The lowest BCUT2D eigenvalue weighted by atomic mass is 9.77. The summed E-state index contributed by atoms with van der Waals surface area (Å²) in [7, 11) is 2.17. The zero-order valence-electron chi connectivity index (χ0n) is 19.8. The average Bonchev–Trinajstić information content (AvgIpc) is 3.19. The van der Waals surface area contributed by atoms with Crippen LogP contribution in [-0.4, -0.2) is 30.3 Å². The highest BCUT2D eigenvalue weighted by atomic mass is 19.1. The third-order valence-electron chi connectivity index (χ3n) is 7.65. The molecule has 0 unspecified atom stereocenters. The second-order valence-electron chi connectivity index (χ2n) is 9.74. The van der Waals surface area contributed by atoms with Crippen molar-refractivity contribution in [2.24, 2.45) is 0 Å². The van der Waals surface area contributed by atoms with E-state index < -0.39 is 0 Å². The Bertz CT molecular complexity index is 1120. The maximum atomic E-state index is 13.1. The predicted molar refractivity (Wildman–Crippen MR) is 132 cm³/mol. The first-order valence-electron chi connectivity index (χ1n) is 12.4.